The van der Waals surface area contributed by atoms with Gasteiger partial charge < -0.3 is 15.2 Å². The van der Waals surface area contributed by atoms with Gasteiger partial charge in [-0.05, 0) is 57.9 Å². The molecule has 0 aliphatic heterocycles. The van der Waals surface area contributed by atoms with Crippen LogP contribution in [0.3, 0.4) is 0 Å². The molecule has 2 N–H and O–H groups in total. The van der Waals surface area contributed by atoms with Crippen LogP contribution in [0.25, 0.3) is 0 Å². The summed E-state index contributed by atoms with van der Waals surface area (Å²) in [5.41, 5.74) is 6.10. The Morgan fingerprint density at radius 3 is 2.28 bits per heavy atom. The number of nitrogens with two attached hydrogens (primary N) is 1. The normalized spacial score (nSPS) is 14.3. The second-order valence-corrected chi connectivity index (χ2v) is 8.35. The number of halogens is 3. The Bertz CT molecular complexity index is 797. The van der Waals surface area contributed by atoms with E-state index in [4.69, 9.17) is 38.4 Å². The van der Waals surface area contributed by atoms with Gasteiger partial charge in [-0.15, -0.1) is 12.4 Å². The van der Waals surface area contributed by atoms with Gasteiger partial charge in [0.2, 0.25) is 0 Å². The molecule has 3 atom stereocenters. The Kier molecular flexibility index (Phi) is 9.77. The van der Waals surface area contributed by atoms with Crippen molar-refractivity contribution >= 4 is 41.6 Å². The van der Waals surface area contributed by atoms with Gasteiger partial charge in [0, 0.05) is 10.9 Å². The van der Waals surface area contributed by atoms with Gasteiger partial charge in [-0.2, -0.15) is 0 Å². The van der Waals surface area contributed by atoms with Gasteiger partial charge in [0.25, 0.3) is 0 Å². The van der Waals surface area contributed by atoms with Crippen LogP contribution < -0.4 is 10.5 Å². The number of esters is 1. The molecule has 0 aliphatic carbocycles. The number of hydrogen-bond donors (Lipinski definition) is 1. The lowest BCUT2D eigenvalue weighted by Crippen LogP contribution is -2.47. The fourth-order valence-electron chi connectivity index (χ4n) is 3.13. The average Bonchev–Trinajstić information content (AvgIpc) is 2.62. The molecule has 0 radical (unpaired) electrons. The Balaban J connectivity index is 0.00000420. The number of benzene rings is 2. The summed E-state index contributed by atoms with van der Waals surface area (Å²) in [4.78, 5) is 12.1. The molecule has 0 saturated carbocycles. The van der Waals surface area contributed by atoms with E-state index < -0.39 is 23.7 Å². The predicted octanol–water partition coefficient (Wildman–Crippen LogP) is 5.71. The highest BCUT2D eigenvalue weighted by Gasteiger charge is 2.38. The molecule has 29 heavy (non-hydrogen) atoms. The smallest absolute Gasteiger partial charge is 0.322 e. The average molecular weight is 461 g/mol. The largest absolute Gasteiger partial charge is 0.486 e. The van der Waals surface area contributed by atoms with Crippen molar-refractivity contribution < 1.29 is 14.3 Å². The van der Waals surface area contributed by atoms with Gasteiger partial charge in [0.15, 0.2) is 0 Å². The maximum atomic E-state index is 12.1. The summed E-state index contributed by atoms with van der Waals surface area (Å²) in [5.74, 6) is -0.0601. The Morgan fingerprint density at radius 2 is 1.72 bits per heavy atom. The summed E-state index contributed by atoms with van der Waals surface area (Å²) in [6.07, 6.45) is 0.242. The molecule has 0 fully saturated rings. The number of carbonyl (C=O) groups is 1. The van der Waals surface area contributed by atoms with Crippen LogP contribution in [-0.2, 0) is 16.0 Å². The Labute approximate surface area is 189 Å². The molecule has 2 rings (SSSR count). The lowest BCUT2D eigenvalue weighted by Gasteiger charge is -2.38. The van der Waals surface area contributed by atoms with E-state index in [1.165, 1.54) is 0 Å². The van der Waals surface area contributed by atoms with Gasteiger partial charge in [-0.3, -0.25) is 4.79 Å². The van der Waals surface area contributed by atoms with E-state index in [1.54, 1.807) is 25.1 Å². The highest BCUT2D eigenvalue weighted by atomic mass is 35.5. The van der Waals surface area contributed by atoms with Gasteiger partial charge in [-0.1, -0.05) is 53.5 Å². The van der Waals surface area contributed by atoms with Crippen LogP contribution in [0.5, 0.6) is 5.75 Å². The maximum absolute atomic E-state index is 12.1. The zero-order valence-corrected chi connectivity index (χ0v) is 19.4. The van der Waals surface area contributed by atoms with E-state index in [0.717, 1.165) is 5.56 Å². The molecule has 2 aromatic carbocycles. The lowest BCUT2D eigenvalue weighted by molar-refractivity contribution is -0.156. The predicted molar refractivity (Wildman–Crippen MR) is 121 cm³/mol. The summed E-state index contributed by atoms with van der Waals surface area (Å²) < 4.78 is 11.9. The summed E-state index contributed by atoms with van der Waals surface area (Å²) in [5, 5.41) is 0.967. The van der Waals surface area contributed by atoms with Crippen molar-refractivity contribution in [3.05, 3.63) is 64.1 Å². The minimum absolute atomic E-state index is 0. The first-order valence-electron chi connectivity index (χ1n) is 9.24. The van der Waals surface area contributed by atoms with Gasteiger partial charge >= 0.3 is 5.97 Å². The van der Waals surface area contributed by atoms with E-state index in [9.17, 15) is 4.79 Å². The van der Waals surface area contributed by atoms with Crippen LogP contribution in [-0.4, -0.2) is 23.7 Å². The first kappa shape index (κ1) is 25.6. The third kappa shape index (κ3) is 7.38. The fourth-order valence-corrected chi connectivity index (χ4v) is 3.58. The maximum Gasteiger partial charge on any atom is 0.322 e. The Hall–Kier alpha value is -1.46. The van der Waals surface area contributed by atoms with Gasteiger partial charge in [-0.25, -0.2) is 0 Å². The molecule has 0 amide bonds. The first-order valence-corrected chi connectivity index (χ1v) is 10.00. The van der Waals surface area contributed by atoms with Gasteiger partial charge in [0.1, 0.15) is 23.5 Å². The topological polar surface area (TPSA) is 61.6 Å². The molecular weight excluding hydrogens is 433 g/mol. The van der Waals surface area contributed by atoms with Crippen LogP contribution in [0.2, 0.25) is 10.0 Å². The zero-order valence-electron chi connectivity index (χ0n) is 17.0. The molecule has 0 spiro atoms. The highest BCUT2D eigenvalue weighted by molar-refractivity contribution is 6.35. The van der Waals surface area contributed by atoms with E-state index in [-0.39, 0.29) is 18.3 Å². The Morgan fingerprint density at radius 1 is 1.10 bits per heavy atom. The number of carbonyl (C=O) groups excluding carboxylic acids is 1. The van der Waals surface area contributed by atoms with Crippen molar-refractivity contribution in [2.24, 2.45) is 11.7 Å². The zero-order chi connectivity index (χ0) is 20.9. The van der Waals surface area contributed by atoms with E-state index in [1.807, 2.05) is 51.1 Å². The van der Waals surface area contributed by atoms with Crippen LogP contribution in [0, 0.1) is 5.92 Å². The molecule has 0 aliphatic rings. The molecule has 2 aromatic rings. The summed E-state index contributed by atoms with van der Waals surface area (Å²) in [7, 11) is 0. The highest BCUT2D eigenvalue weighted by Crippen LogP contribution is 2.35. The number of hydrogen-bond acceptors (Lipinski definition) is 4. The molecular formula is C22H28Cl3NO3. The standard InChI is InChI=1S/C22H27Cl2NO3.ClH/c1-14(25)21(26)27-15(2)18(12-16-8-6-5-7-9-16)22(3,4)28-20-11-10-17(23)13-19(20)24;/h5-11,13-15,18H,12,25H2,1-4H3;1H/t14?,15-,18-;/m0./s1. The molecule has 7 heteroatoms. The molecule has 4 nitrogen and oxygen atoms in total. The SMILES string of the molecule is CC(N)C(=O)O[C@@H](C)[C@H](Cc1ccccc1)C(C)(C)Oc1ccc(Cl)cc1Cl.Cl. The van der Waals surface area contributed by atoms with Crippen LogP contribution in [0.4, 0.5) is 0 Å². The minimum atomic E-state index is -0.690. The molecule has 0 saturated heterocycles. The molecule has 1 unspecified atom stereocenters. The van der Waals surface area contributed by atoms with Crippen LogP contribution in [0.1, 0.15) is 33.3 Å². The number of ether oxygens (including phenoxy) is 2. The molecule has 0 aromatic heterocycles. The van der Waals surface area contributed by atoms with Crippen molar-refractivity contribution in [1.29, 1.82) is 0 Å². The molecule has 0 heterocycles. The van der Waals surface area contributed by atoms with Crippen molar-refractivity contribution in [2.45, 2.75) is 51.9 Å². The fraction of sp³-hybridized carbons (Fsp3) is 0.409. The summed E-state index contributed by atoms with van der Waals surface area (Å²) >= 11 is 12.3. The van der Waals surface area contributed by atoms with Crippen molar-refractivity contribution in [3.63, 3.8) is 0 Å². The third-order valence-electron chi connectivity index (χ3n) is 4.70. The number of rotatable bonds is 8. The van der Waals surface area contributed by atoms with Crippen molar-refractivity contribution in [2.75, 3.05) is 0 Å². The van der Waals surface area contributed by atoms with Crippen LogP contribution >= 0.6 is 35.6 Å². The quantitative estimate of drug-likeness (QED) is 0.512. The van der Waals surface area contributed by atoms with Crippen molar-refractivity contribution in [3.8, 4) is 5.75 Å². The van der Waals surface area contributed by atoms with E-state index in [2.05, 4.69) is 0 Å². The minimum Gasteiger partial charge on any atom is -0.486 e. The third-order valence-corrected chi connectivity index (χ3v) is 5.23. The van der Waals surface area contributed by atoms with E-state index >= 15 is 0 Å². The second kappa shape index (κ2) is 11.1. The van der Waals surface area contributed by atoms with Crippen LogP contribution in [0.15, 0.2) is 48.5 Å². The van der Waals surface area contributed by atoms with Crippen molar-refractivity contribution in [1.82, 2.24) is 0 Å². The lowest BCUT2D eigenvalue weighted by atomic mass is 9.81. The summed E-state index contributed by atoms with van der Waals surface area (Å²) in [6, 6.07) is 14.4. The summed E-state index contributed by atoms with van der Waals surface area (Å²) in [6.45, 7) is 7.39. The molecule has 160 valence electrons. The monoisotopic (exact) mass is 459 g/mol. The van der Waals surface area contributed by atoms with Gasteiger partial charge in [0.05, 0.1) is 5.02 Å². The second-order valence-electron chi connectivity index (χ2n) is 7.51. The van der Waals surface area contributed by atoms with E-state index in [0.29, 0.717) is 22.2 Å². The first-order chi connectivity index (χ1) is 13.1. The molecule has 0 bridgehead atoms.